The molecule has 0 fully saturated rings. The first-order valence-electron chi connectivity index (χ1n) is 12.3. The third kappa shape index (κ3) is 4.48. The van der Waals surface area contributed by atoms with E-state index in [0.717, 1.165) is 22.1 Å². The number of aromatic nitrogens is 2. The maximum Gasteiger partial charge on any atom is 0.297 e. The lowest BCUT2D eigenvalue weighted by atomic mass is 9.98. The van der Waals surface area contributed by atoms with Crippen LogP contribution in [0.4, 0.5) is 5.13 Å². The van der Waals surface area contributed by atoms with E-state index in [1.54, 1.807) is 36.0 Å². The van der Waals surface area contributed by atoms with Crippen LogP contribution in [0.1, 0.15) is 46.6 Å². The monoisotopic (exact) mass is 541 g/mol. The van der Waals surface area contributed by atoms with Gasteiger partial charge in [-0.1, -0.05) is 84.6 Å². The molecule has 38 heavy (non-hydrogen) atoms. The lowest BCUT2D eigenvalue weighted by molar-refractivity contribution is 0.0970. The quantitative estimate of drug-likeness (QED) is 0.164. The molecule has 7 nitrogen and oxygen atoms in total. The molecule has 0 saturated heterocycles. The first kappa shape index (κ1) is 24.4. The maximum absolute atomic E-state index is 13.8. The molecule has 0 spiro atoms. The van der Waals surface area contributed by atoms with Crippen molar-refractivity contribution in [3.05, 3.63) is 112 Å². The molecule has 6 rings (SSSR count). The third-order valence-corrected chi connectivity index (χ3v) is 8.36. The predicted octanol–water partition coefficient (Wildman–Crippen LogP) is 6.48. The second kappa shape index (κ2) is 10.4. The molecule has 1 unspecified atom stereocenters. The molecule has 0 aliphatic carbocycles. The highest BCUT2D eigenvalue weighted by molar-refractivity contribution is 8.00. The van der Waals surface area contributed by atoms with Crippen LogP contribution < -0.4 is 15.1 Å². The summed E-state index contributed by atoms with van der Waals surface area (Å²) >= 11 is 2.88. The number of para-hydroxylation sites is 1. The van der Waals surface area contributed by atoms with Gasteiger partial charge in [-0.05, 0) is 41.8 Å². The number of anilines is 1. The highest BCUT2D eigenvalue weighted by atomic mass is 32.2. The summed E-state index contributed by atoms with van der Waals surface area (Å²) < 4.78 is 12.6. The number of hydrogen-bond donors (Lipinski definition) is 0. The number of fused-ring (bicyclic) bond motifs is 2. The van der Waals surface area contributed by atoms with E-state index in [9.17, 15) is 9.59 Å². The minimum atomic E-state index is -0.719. The molecule has 9 heteroatoms. The second-order valence-corrected chi connectivity index (χ2v) is 11.0. The van der Waals surface area contributed by atoms with Crippen molar-refractivity contribution < 1.29 is 13.9 Å². The Morgan fingerprint density at radius 1 is 1.00 bits per heavy atom. The van der Waals surface area contributed by atoms with Gasteiger partial charge in [0.25, 0.3) is 5.91 Å². The molecular weight excluding hydrogens is 518 g/mol. The zero-order valence-corrected chi connectivity index (χ0v) is 22.1. The van der Waals surface area contributed by atoms with Gasteiger partial charge in [-0.3, -0.25) is 14.5 Å². The zero-order valence-electron chi connectivity index (χ0n) is 20.5. The van der Waals surface area contributed by atoms with Gasteiger partial charge in [0.15, 0.2) is 9.77 Å². The van der Waals surface area contributed by atoms with Crippen molar-refractivity contribution in [3.63, 3.8) is 0 Å². The van der Waals surface area contributed by atoms with Gasteiger partial charge in [0.1, 0.15) is 11.3 Å². The van der Waals surface area contributed by atoms with E-state index in [1.165, 1.54) is 21.8 Å². The van der Waals surface area contributed by atoms with Crippen molar-refractivity contribution in [2.24, 2.45) is 0 Å². The fraction of sp³-hybridized carbons (Fsp3) is 0.172. The molecule has 1 aliphatic heterocycles. The van der Waals surface area contributed by atoms with Crippen LogP contribution in [0.3, 0.4) is 0 Å². The summed E-state index contributed by atoms with van der Waals surface area (Å²) in [6.07, 6.45) is 0.866. The van der Waals surface area contributed by atoms with Crippen LogP contribution in [0.15, 0.2) is 92.4 Å². The molecule has 5 aromatic rings. The average molecular weight is 542 g/mol. The Balaban J connectivity index is 1.43. The molecule has 3 aromatic carbocycles. The molecule has 2 aromatic heterocycles. The fourth-order valence-corrected chi connectivity index (χ4v) is 6.33. The smallest absolute Gasteiger partial charge is 0.297 e. The van der Waals surface area contributed by atoms with Gasteiger partial charge in [-0.15, -0.1) is 10.2 Å². The summed E-state index contributed by atoms with van der Waals surface area (Å²) in [7, 11) is 0. The normalized spacial score (nSPS) is 14.7. The number of amides is 1. The summed E-state index contributed by atoms with van der Waals surface area (Å²) in [5.41, 5.74) is 2.35. The average Bonchev–Trinajstić information content (AvgIpc) is 3.54. The number of hydrogen-bond acceptors (Lipinski definition) is 8. The van der Waals surface area contributed by atoms with Gasteiger partial charge in [0.2, 0.25) is 10.9 Å². The maximum atomic E-state index is 13.8. The molecule has 0 saturated carbocycles. The second-order valence-electron chi connectivity index (χ2n) is 8.79. The summed E-state index contributed by atoms with van der Waals surface area (Å²) in [6.45, 7) is 2.61. The number of rotatable bonds is 8. The lowest BCUT2D eigenvalue weighted by Gasteiger charge is -2.22. The van der Waals surface area contributed by atoms with Gasteiger partial charge in [-0.25, -0.2) is 0 Å². The van der Waals surface area contributed by atoms with Crippen LogP contribution in [0.5, 0.6) is 5.75 Å². The number of ether oxygens (including phenoxy) is 1. The van der Waals surface area contributed by atoms with Gasteiger partial charge in [0, 0.05) is 5.75 Å². The van der Waals surface area contributed by atoms with Crippen LogP contribution in [-0.2, 0) is 5.75 Å². The van der Waals surface area contributed by atoms with Crippen LogP contribution >= 0.6 is 23.1 Å². The number of carbonyl (C=O) groups is 1. The van der Waals surface area contributed by atoms with E-state index in [2.05, 4.69) is 22.3 Å². The molecule has 0 N–H and O–H groups in total. The van der Waals surface area contributed by atoms with Crippen LogP contribution in [-0.4, -0.2) is 22.7 Å². The van der Waals surface area contributed by atoms with E-state index in [0.29, 0.717) is 34.0 Å². The standard InChI is InChI=1S/C29H23N3O4S2/c1-2-15-35-20-12-8-11-19(16-20)24-23-25(33)21-13-6-7-14-22(21)36-26(23)27(34)32(24)28-30-31-29(38-28)37-17-18-9-4-3-5-10-18/h3-14,16,24H,2,15,17H2,1H3. The topological polar surface area (TPSA) is 85.5 Å². The summed E-state index contributed by atoms with van der Waals surface area (Å²) in [4.78, 5) is 29.1. The number of nitrogens with zero attached hydrogens (tertiary/aromatic N) is 3. The predicted molar refractivity (Wildman–Crippen MR) is 149 cm³/mol. The minimum absolute atomic E-state index is 0.0345. The van der Waals surface area contributed by atoms with E-state index in [1.807, 2.05) is 49.4 Å². The molecule has 3 heterocycles. The summed E-state index contributed by atoms with van der Waals surface area (Å²) in [5, 5.41) is 9.55. The Morgan fingerprint density at radius 3 is 2.66 bits per heavy atom. The fourth-order valence-electron chi connectivity index (χ4n) is 4.50. The first-order valence-corrected chi connectivity index (χ1v) is 14.1. The van der Waals surface area contributed by atoms with E-state index < -0.39 is 11.9 Å². The van der Waals surface area contributed by atoms with E-state index in [-0.39, 0.29) is 11.2 Å². The van der Waals surface area contributed by atoms with Crippen molar-refractivity contribution in [3.8, 4) is 5.75 Å². The molecule has 190 valence electrons. The van der Waals surface area contributed by atoms with Crippen molar-refractivity contribution >= 4 is 45.1 Å². The van der Waals surface area contributed by atoms with Crippen LogP contribution in [0, 0.1) is 0 Å². The molecule has 0 radical (unpaired) electrons. The van der Waals surface area contributed by atoms with Crippen molar-refractivity contribution in [2.45, 2.75) is 29.5 Å². The Morgan fingerprint density at radius 2 is 1.82 bits per heavy atom. The Labute approximate surface area is 227 Å². The van der Waals surface area contributed by atoms with Crippen molar-refractivity contribution in [1.82, 2.24) is 10.2 Å². The highest BCUT2D eigenvalue weighted by Crippen LogP contribution is 2.43. The first-order chi connectivity index (χ1) is 18.6. The number of carbonyl (C=O) groups excluding carboxylic acids is 1. The van der Waals surface area contributed by atoms with Crippen molar-refractivity contribution in [1.29, 1.82) is 0 Å². The van der Waals surface area contributed by atoms with Crippen LogP contribution in [0.2, 0.25) is 0 Å². The van der Waals surface area contributed by atoms with Crippen molar-refractivity contribution in [2.75, 3.05) is 11.5 Å². The number of benzene rings is 3. The molecule has 1 aliphatic rings. The Bertz CT molecular complexity index is 1680. The zero-order chi connectivity index (χ0) is 26.1. The van der Waals surface area contributed by atoms with Gasteiger partial charge in [-0.2, -0.15) is 0 Å². The molecule has 0 bridgehead atoms. The molecule has 1 amide bonds. The van der Waals surface area contributed by atoms with E-state index >= 15 is 0 Å². The SMILES string of the molecule is CCCOc1cccc(C2c3c(oc4ccccc4c3=O)C(=O)N2c2nnc(SCc3ccccc3)s2)c1. The van der Waals surface area contributed by atoms with Gasteiger partial charge in [0.05, 0.1) is 23.6 Å². The van der Waals surface area contributed by atoms with Crippen LogP contribution in [0.25, 0.3) is 11.0 Å². The minimum Gasteiger partial charge on any atom is -0.494 e. The largest absolute Gasteiger partial charge is 0.494 e. The summed E-state index contributed by atoms with van der Waals surface area (Å²) in [6, 6.07) is 23.9. The Hall–Kier alpha value is -3.95. The highest BCUT2D eigenvalue weighted by Gasteiger charge is 2.45. The van der Waals surface area contributed by atoms with Gasteiger partial charge < -0.3 is 9.15 Å². The Kier molecular flexibility index (Phi) is 6.70. The van der Waals surface area contributed by atoms with E-state index in [4.69, 9.17) is 9.15 Å². The number of thioether (sulfide) groups is 1. The molecule has 1 atom stereocenters. The summed E-state index contributed by atoms with van der Waals surface area (Å²) in [5.74, 6) is 1.03. The van der Waals surface area contributed by atoms with Gasteiger partial charge >= 0.3 is 0 Å². The third-order valence-electron chi connectivity index (χ3n) is 6.23. The molecular formula is C29H23N3O4S2. The lowest BCUT2D eigenvalue weighted by Crippen LogP contribution is -2.29.